The van der Waals surface area contributed by atoms with Crippen molar-refractivity contribution in [3.63, 3.8) is 0 Å². The van der Waals surface area contributed by atoms with E-state index < -0.39 is 28.5 Å². The molecule has 37 heavy (non-hydrogen) atoms. The van der Waals surface area contributed by atoms with E-state index in [0.717, 1.165) is 21.0 Å². The molecule has 3 aromatic rings. The van der Waals surface area contributed by atoms with Crippen LogP contribution in [-0.2, 0) is 26.2 Å². The molecule has 7 nitrogen and oxygen atoms in total. The van der Waals surface area contributed by atoms with E-state index in [1.54, 1.807) is 56.3 Å². The predicted molar refractivity (Wildman–Crippen MR) is 147 cm³/mol. The molecule has 0 fully saturated rings. The summed E-state index contributed by atoms with van der Waals surface area (Å²) in [6.07, 6.45) is 0. The zero-order valence-electron chi connectivity index (χ0n) is 22.1. The highest BCUT2D eigenvalue weighted by molar-refractivity contribution is 7.92. The minimum atomic E-state index is -4.07. The fraction of sp³-hybridized carbons (Fsp3) is 0.310. The van der Waals surface area contributed by atoms with E-state index in [-0.39, 0.29) is 17.3 Å². The average Bonchev–Trinajstić information content (AvgIpc) is 2.87. The largest absolute Gasteiger partial charge is 0.355 e. The SMILES string of the molecule is CCNC(=O)[C@@H](C)N(Cc1ccc(C)cc1)C(=O)CN(c1ccccc1C)S(=O)(=O)c1ccc(C)cc1. The second kappa shape index (κ2) is 12.1. The Labute approximate surface area is 220 Å². The fourth-order valence-electron chi connectivity index (χ4n) is 3.99. The van der Waals surface area contributed by atoms with Gasteiger partial charge in [-0.2, -0.15) is 0 Å². The van der Waals surface area contributed by atoms with Gasteiger partial charge in [-0.15, -0.1) is 0 Å². The average molecular weight is 522 g/mol. The molecule has 0 heterocycles. The molecule has 2 amide bonds. The molecule has 0 spiro atoms. The highest BCUT2D eigenvalue weighted by Gasteiger charge is 2.32. The maximum atomic E-state index is 13.8. The van der Waals surface area contributed by atoms with Crippen molar-refractivity contribution >= 4 is 27.5 Å². The lowest BCUT2D eigenvalue weighted by molar-refractivity contribution is -0.139. The monoisotopic (exact) mass is 521 g/mol. The maximum Gasteiger partial charge on any atom is 0.264 e. The maximum absolute atomic E-state index is 13.8. The van der Waals surface area contributed by atoms with Crippen molar-refractivity contribution in [1.29, 1.82) is 0 Å². The number of amides is 2. The van der Waals surface area contributed by atoms with Gasteiger partial charge in [0.2, 0.25) is 11.8 Å². The topological polar surface area (TPSA) is 86.8 Å². The van der Waals surface area contributed by atoms with Gasteiger partial charge in [0, 0.05) is 13.1 Å². The van der Waals surface area contributed by atoms with Crippen LogP contribution in [-0.4, -0.2) is 44.3 Å². The van der Waals surface area contributed by atoms with Gasteiger partial charge in [0.15, 0.2) is 0 Å². The normalized spacial score (nSPS) is 12.0. The lowest BCUT2D eigenvalue weighted by Crippen LogP contribution is -2.51. The highest BCUT2D eigenvalue weighted by atomic mass is 32.2. The number of rotatable bonds is 10. The second-order valence-electron chi connectivity index (χ2n) is 9.19. The Morgan fingerprint density at radius 1 is 0.865 bits per heavy atom. The molecule has 1 N–H and O–H groups in total. The van der Waals surface area contributed by atoms with Crippen LogP contribution >= 0.6 is 0 Å². The van der Waals surface area contributed by atoms with Crippen LogP contribution < -0.4 is 9.62 Å². The van der Waals surface area contributed by atoms with Crippen molar-refractivity contribution in [3.05, 3.63) is 95.1 Å². The Kier molecular flexibility index (Phi) is 9.10. The Bertz CT molecular complexity index is 1340. The van der Waals surface area contributed by atoms with Crippen LogP contribution in [0.3, 0.4) is 0 Å². The molecule has 0 aromatic heterocycles. The van der Waals surface area contributed by atoms with Gasteiger partial charge in [0.05, 0.1) is 10.6 Å². The minimum absolute atomic E-state index is 0.0935. The molecule has 0 radical (unpaired) electrons. The Morgan fingerprint density at radius 2 is 1.43 bits per heavy atom. The molecule has 3 aromatic carbocycles. The van der Waals surface area contributed by atoms with Crippen LogP contribution in [0.1, 0.15) is 36.1 Å². The van der Waals surface area contributed by atoms with Gasteiger partial charge in [-0.1, -0.05) is 65.7 Å². The first kappa shape index (κ1) is 27.9. The number of para-hydroxylation sites is 1. The van der Waals surface area contributed by atoms with Gasteiger partial charge >= 0.3 is 0 Å². The summed E-state index contributed by atoms with van der Waals surface area (Å²) in [6.45, 7) is 9.27. The standard InChI is InChI=1S/C29H35N3O4S/c1-6-30-29(34)24(5)31(19-25-15-11-21(2)12-16-25)28(33)20-32(27-10-8-7-9-23(27)4)37(35,36)26-17-13-22(3)14-18-26/h7-18,24H,6,19-20H2,1-5H3,(H,30,34)/t24-/m1/s1. The minimum Gasteiger partial charge on any atom is -0.355 e. The number of carbonyl (C=O) groups excluding carboxylic acids is 2. The van der Waals surface area contributed by atoms with Crippen molar-refractivity contribution in [2.45, 2.75) is 52.1 Å². The third kappa shape index (κ3) is 6.77. The summed E-state index contributed by atoms with van der Waals surface area (Å²) in [5.74, 6) is -0.773. The van der Waals surface area contributed by atoms with E-state index in [2.05, 4.69) is 5.32 Å². The van der Waals surface area contributed by atoms with Crippen molar-refractivity contribution in [2.75, 3.05) is 17.4 Å². The Balaban J connectivity index is 2.03. The first-order valence-electron chi connectivity index (χ1n) is 12.3. The molecule has 8 heteroatoms. The molecule has 0 aliphatic rings. The summed E-state index contributed by atoms with van der Waals surface area (Å²) >= 11 is 0. The smallest absolute Gasteiger partial charge is 0.264 e. The Morgan fingerprint density at radius 3 is 2.00 bits per heavy atom. The lowest BCUT2D eigenvalue weighted by Gasteiger charge is -2.32. The van der Waals surface area contributed by atoms with Gasteiger partial charge in [-0.25, -0.2) is 8.42 Å². The summed E-state index contributed by atoms with van der Waals surface area (Å²) in [4.78, 5) is 28.1. The number of carbonyl (C=O) groups is 2. The summed E-state index contributed by atoms with van der Waals surface area (Å²) < 4.78 is 28.8. The number of benzene rings is 3. The number of hydrogen-bond acceptors (Lipinski definition) is 4. The van der Waals surface area contributed by atoms with Crippen LogP contribution in [0, 0.1) is 20.8 Å². The molecule has 1 atom stereocenters. The van der Waals surface area contributed by atoms with Crippen LogP contribution in [0.4, 0.5) is 5.69 Å². The zero-order valence-corrected chi connectivity index (χ0v) is 22.9. The van der Waals surface area contributed by atoms with E-state index in [4.69, 9.17) is 0 Å². The van der Waals surface area contributed by atoms with E-state index in [9.17, 15) is 18.0 Å². The van der Waals surface area contributed by atoms with Crippen LogP contribution in [0.5, 0.6) is 0 Å². The molecule has 0 aliphatic carbocycles. The first-order valence-corrected chi connectivity index (χ1v) is 13.8. The van der Waals surface area contributed by atoms with E-state index in [0.29, 0.717) is 17.8 Å². The van der Waals surface area contributed by atoms with E-state index in [1.807, 2.05) is 51.1 Å². The fourth-order valence-corrected chi connectivity index (χ4v) is 5.47. The van der Waals surface area contributed by atoms with Crippen molar-refractivity contribution in [2.24, 2.45) is 0 Å². The van der Waals surface area contributed by atoms with Crippen molar-refractivity contribution in [1.82, 2.24) is 10.2 Å². The van der Waals surface area contributed by atoms with E-state index >= 15 is 0 Å². The number of hydrogen-bond donors (Lipinski definition) is 1. The summed E-state index contributed by atoms with van der Waals surface area (Å²) in [7, 11) is -4.07. The van der Waals surface area contributed by atoms with Gasteiger partial charge in [-0.05, 0) is 63.9 Å². The van der Waals surface area contributed by atoms with Crippen molar-refractivity contribution < 1.29 is 18.0 Å². The molecule has 0 saturated heterocycles. The number of aryl methyl sites for hydroxylation is 3. The van der Waals surface area contributed by atoms with E-state index in [1.165, 1.54) is 4.90 Å². The lowest BCUT2D eigenvalue weighted by atomic mass is 10.1. The van der Waals surface area contributed by atoms with Crippen LogP contribution in [0.25, 0.3) is 0 Å². The van der Waals surface area contributed by atoms with Gasteiger partial charge in [0.1, 0.15) is 12.6 Å². The number of nitrogens with zero attached hydrogens (tertiary/aromatic N) is 2. The number of anilines is 1. The summed E-state index contributed by atoms with van der Waals surface area (Å²) in [5.41, 5.74) is 3.98. The third-order valence-corrected chi connectivity index (χ3v) is 8.04. The highest BCUT2D eigenvalue weighted by Crippen LogP contribution is 2.27. The molecular formula is C29H35N3O4S. The molecule has 0 unspecified atom stereocenters. The summed E-state index contributed by atoms with van der Waals surface area (Å²) in [5, 5.41) is 2.77. The zero-order chi connectivity index (χ0) is 27.2. The first-order chi connectivity index (χ1) is 17.5. The predicted octanol–water partition coefficient (Wildman–Crippen LogP) is 4.36. The number of sulfonamides is 1. The molecule has 0 saturated carbocycles. The quantitative estimate of drug-likeness (QED) is 0.430. The van der Waals surface area contributed by atoms with Crippen LogP contribution in [0.15, 0.2) is 77.7 Å². The summed E-state index contributed by atoms with van der Waals surface area (Å²) in [6, 6.07) is 20.5. The number of likely N-dealkylation sites (N-methyl/N-ethyl adjacent to an activating group) is 1. The second-order valence-corrected chi connectivity index (χ2v) is 11.1. The Hall–Kier alpha value is -3.65. The van der Waals surface area contributed by atoms with Gasteiger partial charge in [0.25, 0.3) is 10.0 Å². The number of nitrogens with one attached hydrogen (secondary N) is 1. The molecule has 196 valence electrons. The molecular weight excluding hydrogens is 486 g/mol. The van der Waals surface area contributed by atoms with Gasteiger partial charge < -0.3 is 10.2 Å². The molecule has 0 aliphatic heterocycles. The van der Waals surface area contributed by atoms with Crippen LogP contribution in [0.2, 0.25) is 0 Å². The van der Waals surface area contributed by atoms with Crippen molar-refractivity contribution in [3.8, 4) is 0 Å². The molecule has 3 rings (SSSR count). The third-order valence-electron chi connectivity index (χ3n) is 6.26. The molecule has 0 bridgehead atoms. The van der Waals surface area contributed by atoms with Gasteiger partial charge in [-0.3, -0.25) is 13.9 Å².